The lowest BCUT2D eigenvalue weighted by Gasteiger charge is -2.27. The number of hydrogen-bond acceptors (Lipinski definition) is 5. The van der Waals surface area contributed by atoms with Crippen molar-refractivity contribution in [2.75, 3.05) is 24.6 Å². The van der Waals surface area contributed by atoms with Gasteiger partial charge in [0.15, 0.2) is 0 Å². The number of nitriles is 1. The number of aromatic nitrogens is 1. The number of anilines is 1. The quantitative estimate of drug-likeness (QED) is 0.406. The molecule has 0 fully saturated rings. The third-order valence-electron chi connectivity index (χ3n) is 5.09. The molecule has 2 aromatic rings. The minimum atomic E-state index is -0.489. The maximum atomic E-state index is 9.89. The van der Waals surface area contributed by atoms with Gasteiger partial charge in [0.2, 0.25) is 5.88 Å². The highest BCUT2D eigenvalue weighted by atomic mass is 16.5. The third kappa shape index (κ3) is 7.25. The van der Waals surface area contributed by atoms with E-state index in [4.69, 9.17) is 9.47 Å². The molecule has 1 aromatic heterocycles. The van der Waals surface area contributed by atoms with Crippen LogP contribution in [0.3, 0.4) is 0 Å². The molecular formula is C26H37N3O2. The van der Waals surface area contributed by atoms with Gasteiger partial charge in [-0.1, -0.05) is 26.0 Å². The Kier molecular flexibility index (Phi) is 9.33. The molecule has 31 heavy (non-hydrogen) atoms. The highest BCUT2D eigenvalue weighted by molar-refractivity contribution is 5.73. The highest BCUT2D eigenvalue weighted by Crippen LogP contribution is 2.32. The average molecular weight is 424 g/mol. The SMILES string of the molecule is CCCN(CCC)c1ccc(-c2ccnc(OC(C)(C)CCOC(C)C)c2C#N)cc1. The van der Waals surface area contributed by atoms with Crippen LogP contribution >= 0.6 is 0 Å². The predicted octanol–water partition coefficient (Wildman–Crippen LogP) is 6.22. The molecule has 0 aliphatic heterocycles. The summed E-state index contributed by atoms with van der Waals surface area (Å²) >= 11 is 0. The summed E-state index contributed by atoms with van der Waals surface area (Å²) in [6.07, 6.45) is 4.83. The molecule has 2 rings (SSSR count). The van der Waals surface area contributed by atoms with Crippen molar-refractivity contribution in [2.24, 2.45) is 0 Å². The first-order chi connectivity index (χ1) is 14.8. The van der Waals surface area contributed by atoms with Gasteiger partial charge < -0.3 is 14.4 Å². The summed E-state index contributed by atoms with van der Waals surface area (Å²) in [4.78, 5) is 6.77. The number of hydrogen-bond donors (Lipinski definition) is 0. The number of nitrogens with zero attached hydrogens (tertiary/aromatic N) is 3. The molecule has 0 bridgehead atoms. The number of ether oxygens (including phenoxy) is 2. The van der Waals surface area contributed by atoms with Crippen LogP contribution in [-0.4, -0.2) is 36.4 Å². The zero-order valence-corrected chi connectivity index (χ0v) is 19.9. The van der Waals surface area contributed by atoms with Crippen molar-refractivity contribution >= 4 is 5.69 Å². The van der Waals surface area contributed by atoms with E-state index < -0.39 is 5.60 Å². The first kappa shape index (κ1) is 24.7. The molecule has 0 N–H and O–H groups in total. The Morgan fingerprint density at radius 1 is 1.06 bits per heavy atom. The highest BCUT2D eigenvalue weighted by Gasteiger charge is 2.24. The van der Waals surface area contributed by atoms with E-state index >= 15 is 0 Å². The van der Waals surface area contributed by atoms with Crippen molar-refractivity contribution in [3.05, 3.63) is 42.1 Å². The molecule has 0 spiro atoms. The second-order valence-corrected chi connectivity index (χ2v) is 8.72. The molecule has 168 valence electrons. The summed E-state index contributed by atoms with van der Waals surface area (Å²) in [6.45, 7) is 15.1. The Morgan fingerprint density at radius 2 is 1.71 bits per heavy atom. The molecule has 5 nitrogen and oxygen atoms in total. The van der Waals surface area contributed by atoms with Crippen LogP contribution in [0.2, 0.25) is 0 Å². The summed E-state index contributed by atoms with van der Waals surface area (Å²) in [5.41, 5.74) is 3.01. The van der Waals surface area contributed by atoms with Gasteiger partial charge in [-0.3, -0.25) is 0 Å². The summed E-state index contributed by atoms with van der Waals surface area (Å²) < 4.78 is 11.8. The summed E-state index contributed by atoms with van der Waals surface area (Å²) in [5, 5.41) is 9.89. The van der Waals surface area contributed by atoms with Crippen LogP contribution in [-0.2, 0) is 4.74 Å². The molecule has 0 amide bonds. The van der Waals surface area contributed by atoms with Gasteiger partial charge in [0.05, 0.1) is 12.7 Å². The molecule has 0 aliphatic carbocycles. The topological polar surface area (TPSA) is 58.4 Å². The maximum Gasteiger partial charge on any atom is 0.232 e. The Morgan fingerprint density at radius 3 is 2.26 bits per heavy atom. The van der Waals surface area contributed by atoms with Crippen LogP contribution in [0.1, 0.15) is 66.4 Å². The van der Waals surface area contributed by atoms with Crippen LogP contribution in [0.15, 0.2) is 36.5 Å². The van der Waals surface area contributed by atoms with Crippen LogP contribution in [0.25, 0.3) is 11.1 Å². The second-order valence-electron chi connectivity index (χ2n) is 8.72. The molecule has 0 aliphatic rings. The summed E-state index contributed by atoms with van der Waals surface area (Å²) in [6, 6.07) is 12.6. The molecule has 1 aromatic carbocycles. The smallest absolute Gasteiger partial charge is 0.232 e. The predicted molar refractivity (Wildman–Crippen MR) is 128 cm³/mol. The minimum Gasteiger partial charge on any atom is -0.471 e. The molecular weight excluding hydrogens is 386 g/mol. The molecule has 0 atom stereocenters. The van der Waals surface area contributed by atoms with E-state index in [2.05, 4.69) is 54.1 Å². The van der Waals surface area contributed by atoms with Gasteiger partial charge in [-0.2, -0.15) is 5.26 Å². The van der Waals surface area contributed by atoms with Crippen LogP contribution in [0.5, 0.6) is 5.88 Å². The fourth-order valence-corrected chi connectivity index (χ4v) is 3.48. The Balaban J connectivity index is 2.25. The fraction of sp³-hybridized carbons (Fsp3) is 0.538. The molecule has 0 unspecified atom stereocenters. The third-order valence-corrected chi connectivity index (χ3v) is 5.09. The van der Waals surface area contributed by atoms with E-state index in [0.717, 1.165) is 37.1 Å². The van der Waals surface area contributed by atoms with Gasteiger partial charge in [0.1, 0.15) is 17.2 Å². The van der Waals surface area contributed by atoms with Gasteiger partial charge in [-0.05, 0) is 64.3 Å². The van der Waals surface area contributed by atoms with Crippen molar-refractivity contribution < 1.29 is 9.47 Å². The van der Waals surface area contributed by atoms with Crippen molar-refractivity contribution in [3.8, 4) is 23.1 Å². The largest absolute Gasteiger partial charge is 0.471 e. The lowest BCUT2D eigenvalue weighted by molar-refractivity contribution is 0.0210. The Labute approximate surface area is 188 Å². The molecule has 0 saturated heterocycles. The van der Waals surface area contributed by atoms with E-state index in [-0.39, 0.29) is 6.10 Å². The molecule has 5 heteroatoms. The lowest BCUT2D eigenvalue weighted by Crippen LogP contribution is -2.31. The molecule has 1 heterocycles. The van der Waals surface area contributed by atoms with Crippen molar-refractivity contribution in [1.82, 2.24) is 4.98 Å². The van der Waals surface area contributed by atoms with Gasteiger partial charge in [-0.25, -0.2) is 4.98 Å². The van der Waals surface area contributed by atoms with Gasteiger partial charge in [-0.15, -0.1) is 0 Å². The Hall–Kier alpha value is -2.58. The van der Waals surface area contributed by atoms with Crippen molar-refractivity contribution in [3.63, 3.8) is 0 Å². The van der Waals surface area contributed by atoms with Gasteiger partial charge >= 0.3 is 0 Å². The van der Waals surface area contributed by atoms with E-state index in [1.807, 2.05) is 33.8 Å². The first-order valence-electron chi connectivity index (χ1n) is 11.4. The van der Waals surface area contributed by atoms with Gasteiger partial charge in [0.25, 0.3) is 0 Å². The zero-order chi connectivity index (χ0) is 22.9. The maximum absolute atomic E-state index is 9.89. The minimum absolute atomic E-state index is 0.181. The van der Waals surface area contributed by atoms with Crippen molar-refractivity contribution in [2.45, 2.75) is 72.5 Å². The lowest BCUT2D eigenvalue weighted by atomic mass is 10.0. The Bertz CT molecular complexity index is 848. The van der Waals surface area contributed by atoms with E-state index in [1.165, 1.54) is 5.69 Å². The average Bonchev–Trinajstić information content (AvgIpc) is 2.73. The normalized spacial score (nSPS) is 11.4. The monoisotopic (exact) mass is 423 g/mol. The van der Waals surface area contributed by atoms with Crippen LogP contribution in [0.4, 0.5) is 5.69 Å². The molecule has 0 saturated carbocycles. The standard InChI is InChI=1S/C26H37N3O2/c1-7-16-29(17-8-2)22-11-9-21(10-12-22)23-13-15-28-25(24(23)19-27)31-26(5,6)14-18-30-20(3)4/h9-13,15,20H,7-8,14,16-18H2,1-6H3. The molecule has 0 radical (unpaired) electrons. The van der Waals surface area contributed by atoms with Crippen LogP contribution in [0, 0.1) is 11.3 Å². The van der Waals surface area contributed by atoms with E-state index in [0.29, 0.717) is 24.5 Å². The summed E-state index contributed by atoms with van der Waals surface area (Å²) in [7, 11) is 0. The number of benzene rings is 1. The first-order valence-corrected chi connectivity index (χ1v) is 11.4. The van der Waals surface area contributed by atoms with E-state index in [9.17, 15) is 5.26 Å². The van der Waals surface area contributed by atoms with E-state index in [1.54, 1.807) is 6.20 Å². The number of rotatable bonds is 12. The van der Waals surface area contributed by atoms with Crippen LogP contribution < -0.4 is 9.64 Å². The second kappa shape index (κ2) is 11.7. The fourth-order valence-electron chi connectivity index (χ4n) is 3.48. The summed E-state index contributed by atoms with van der Waals surface area (Å²) in [5.74, 6) is 0.372. The van der Waals surface area contributed by atoms with Gasteiger partial charge in [0, 0.05) is 37.0 Å². The van der Waals surface area contributed by atoms with Crippen molar-refractivity contribution in [1.29, 1.82) is 5.26 Å². The zero-order valence-electron chi connectivity index (χ0n) is 19.9. The number of pyridine rings is 1.